The first-order chi connectivity index (χ1) is 7.28. The molecule has 0 aromatic carbocycles. The van der Waals surface area contributed by atoms with Crippen LogP contribution in [0.15, 0.2) is 0 Å². The van der Waals surface area contributed by atoms with Crippen LogP contribution in [-0.2, 0) is 0 Å². The maximum Gasteiger partial charge on any atom is 0.0624 e. The summed E-state index contributed by atoms with van der Waals surface area (Å²) >= 11 is 0. The summed E-state index contributed by atoms with van der Waals surface area (Å²) in [4.78, 5) is 0. The van der Waals surface area contributed by atoms with Crippen molar-refractivity contribution in [3.63, 3.8) is 0 Å². The molecule has 0 radical (unpaired) electrons. The predicted octanol–water partition coefficient (Wildman–Crippen LogP) is 3.61. The lowest BCUT2D eigenvalue weighted by molar-refractivity contribution is -0.0576. The quantitative estimate of drug-likeness (QED) is 0.672. The highest BCUT2D eigenvalue weighted by atomic mass is 14.5. The van der Waals surface area contributed by atoms with E-state index < -0.39 is 0 Å². The molecule has 4 aliphatic carbocycles. The maximum atomic E-state index is 8.84. The topological polar surface area (TPSA) is 23.8 Å². The number of hydrogen-bond acceptors (Lipinski definition) is 1. The van der Waals surface area contributed by atoms with Gasteiger partial charge in [0.1, 0.15) is 0 Å². The van der Waals surface area contributed by atoms with Gasteiger partial charge in [0, 0.05) is 6.42 Å². The summed E-state index contributed by atoms with van der Waals surface area (Å²) in [6.45, 7) is 2.32. The van der Waals surface area contributed by atoms with Crippen molar-refractivity contribution in [2.75, 3.05) is 0 Å². The van der Waals surface area contributed by atoms with Crippen molar-refractivity contribution in [1.29, 1.82) is 5.26 Å². The Morgan fingerprint density at radius 3 is 2.07 bits per heavy atom. The molecule has 4 saturated carbocycles. The average molecular weight is 203 g/mol. The van der Waals surface area contributed by atoms with E-state index in [-0.39, 0.29) is 0 Å². The van der Waals surface area contributed by atoms with E-state index in [4.69, 9.17) is 5.26 Å². The Bertz CT molecular complexity index is 260. The lowest BCUT2D eigenvalue weighted by Crippen LogP contribution is -2.47. The van der Waals surface area contributed by atoms with Gasteiger partial charge in [0.2, 0.25) is 0 Å². The number of rotatable bonds is 2. The van der Waals surface area contributed by atoms with Crippen molar-refractivity contribution in [1.82, 2.24) is 0 Å². The van der Waals surface area contributed by atoms with Gasteiger partial charge in [-0.25, -0.2) is 0 Å². The van der Waals surface area contributed by atoms with Gasteiger partial charge in [-0.1, -0.05) is 6.92 Å². The first-order valence-corrected chi connectivity index (χ1v) is 6.65. The van der Waals surface area contributed by atoms with Crippen LogP contribution in [0, 0.1) is 46.8 Å². The molecule has 4 aliphatic rings. The zero-order valence-corrected chi connectivity index (χ0v) is 9.65. The standard InChI is InChI=1S/C14H21N/c1-9(2-3-15)14-12-5-10-4-11(7-12)8-13(14)6-10/h9-14H,2,4-8H2,1H3. The van der Waals surface area contributed by atoms with Crippen LogP contribution in [0.2, 0.25) is 0 Å². The molecule has 4 bridgehead atoms. The van der Waals surface area contributed by atoms with Gasteiger partial charge in [0.15, 0.2) is 0 Å². The first kappa shape index (κ1) is 9.70. The zero-order chi connectivity index (χ0) is 10.4. The van der Waals surface area contributed by atoms with Crippen LogP contribution in [0.25, 0.3) is 0 Å². The minimum Gasteiger partial charge on any atom is -0.198 e. The van der Waals surface area contributed by atoms with Gasteiger partial charge >= 0.3 is 0 Å². The van der Waals surface area contributed by atoms with E-state index in [1.807, 2.05) is 0 Å². The summed E-state index contributed by atoms with van der Waals surface area (Å²) in [5.74, 6) is 5.67. The molecule has 4 fully saturated rings. The van der Waals surface area contributed by atoms with E-state index in [0.717, 1.165) is 36.0 Å². The normalized spacial score (nSPS) is 48.9. The van der Waals surface area contributed by atoms with Crippen LogP contribution in [-0.4, -0.2) is 0 Å². The van der Waals surface area contributed by atoms with Crippen molar-refractivity contribution in [3.05, 3.63) is 0 Å². The Labute approximate surface area is 92.9 Å². The molecule has 0 aromatic rings. The van der Waals surface area contributed by atoms with Gasteiger partial charge in [0.05, 0.1) is 6.07 Å². The molecule has 0 N–H and O–H groups in total. The number of hydrogen-bond donors (Lipinski definition) is 0. The van der Waals surface area contributed by atoms with Crippen molar-refractivity contribution in [3.8, 4) is 6.07 Å². The Hall–Kier alpha value is -0.510. The van der Waals surface area contributed by atoms with Gasteiger partial charge in [-0.15, -0.1) is 0 Å². The molecule has 0 spiro atoms. The van der Waals surface area contributed by atoms with Crippen molar-refractivity contribution < 1.29 is 0 Å². The third-order valence-electron chi connectivity index (χ3n) is 5.37. The van der Waals surface area contributed by atoms with E-state index in [9.17, 15) is 0 Å². The fraction of sp³-hybridized carbons (Fsp3) is 0.929. The lowest BCUT2D eigenvalue weighted by atomic mass is 9.49. The monoisotopic (exact) mass is 203 g/mol. The highest BCUT2D eigenvalue weighted by molar-refractivity contribution is 5.00. The molecular formula is C14H21N. The summed E-state index contributed by atoms with van der Waals surface area (Å²) in [5.41, 5.74) is 0. The highest BCUT2D eigenvalue weighted by Crippen LogP contribution is 2.58. The van der Waals surface area contributed by atoms with Crippen LogP contribution >= 0.6 is 0 Å². The van der Waals surface area contributed by atoms with E-state index in [1.165, 1.54) is 32.1 Å². The molecule has 0 aliphatic heterocycles. The molecule has 1 unspecified atom stereocenters. The second-order valence-corrected chi connectivity index (χ2v) is 6.35. The molecule has 82 valence electrons. The third kappa shape index (κ3) is 1.50. The highest BCUT2D eigenvalue weighted by Gasteiger charge is 2.49. The zero-order valence-electron chi connectivity index (χ0n) is 9.65. The van der Waals surface area contributed by atoms with Gasteiger partial charge in [-0.05, 0) is 67.6 Å². The molecule has 1 heteroatoms. The summed E-state index contributed by atoms with van der Waals surface area (Å²) in [6.07, 6.45) is 8.29. The smallest absolute Gasteiger partial charge is 0.0624 e. The minimum atomic E-state index is 0.657. The van der Waals surface area contributed by atoms with E-state index in [0.29, 0.717) is 5.92 Å². The molecule has 1 atom stereocenters. The largest absolute Gasteiger partial charge is 0.198 e. The van der Waals surface area contributed by atoms with Crippen molar-refractivity contribution in [2.45, 2.75) is 45.4 Å². The molecule has 1 nitrogen and oxygen atoms in total. The van der Waals surface area contributed by atoms with Gasteiger partial charge in [-0.2, -0.15) is 5.26 Å². The molecular weight excluding hydrogens is 182 g/mol. The molecule has 4 rings (SSSR count). The Kier molecular flexibility index (Phi) is 2.27. The average Bonchev–Trinajstić information content (AvgIpc) is 2.15. The van der Waals surface area contributed by atoms with E-state index in [1.54, 1.807) is 0 Å². The van der Waals surface area contributed by atoms with E-state index >= 15 is 0 Å². The van der Waals surface area contributed by atoms with Gasteiger partial charge in [-0.3, -0.25) is 0 Å². The second-order valence-electron chi connectivity index (χ2n) is 6.35. The van der Waals surface area contributed by atoms with Crippen LogP contribution < -0.4 is 0 Å². The second kappa shape index (κ2) is 3.51. The minimum absolute atomic E-state index is 0.657. The number of nitrogens with zero attached hydrogens (tertiary/aromatic N) is 1. The van der Waals surface area contributed by atoms with Crippen LogP contribution in [0.5, 0.6) is 0 Å². The molecule has 15 heavy (non-hydrogen) atoms. The molecule has 0 amide bonds. The van der Waals surface area contributed by atoms with Gasteiger partial charge in [0.25, 0.3) is 0 Å². The van der Waals surface area contributed by atoms with Gasteiger partial charge < -0.3 is 0 Å². The van der Waals surface area contributed by atoms with Crippen molar-refractivity contribution in [2.24, 2.45) is 35.5 Å². The number of nitriles is 1. The molecule has 0 heterocycles. The lowest BCUT2D eigenvalue weighted by Gasteiger charge is -2.56. The van der Waals surface area contributed by atoms with Crippen molar-refractivity contribution >= 4 is 0 Å². The van der Waals surface area contributed by atoms with Crippen LogP contribution in [0.4, 0.5) is 0 Å². The van der Waals surface area contributed by atoms with Crippen LogP contribution in [0.3, 0.4) is 0 Å². The Morgan fingerprint density at radius 1 is 1.07 bits per heavy atom. The predicted molar refractivity (Wildman–Crippen MR) is 59.9 cm³/mol. The van der Waals surface area contributed by atoms with Crippen LogP contribution in [0.1, 0.15) is 45.4 Å². The summed E-state index contributed by atoms with van der Waals surface area (Å²) < 4.78 is 0. The summed E-state index contributed by atoms with van der Waals surface area (Å²) in [7, 11) is 0. The SMILES string of the molecule is CC(CC#N)C1C2CC3CC(C2)CC1C3. The van der Waals surface area contributed by atoms with E-state index in [2.05, 4.69) is 13.0 Å². The summed E-state index contributed by atoms with van der Waals surface area (Å²) in [5, 5.41) is 8.84. The fourth-order valence-corrected chi connectivity index (χ4v) is 5.18. The first-order valence-electron chi connectivity index (χ1n) is 6.65. The molecule has 0 aromatic heterocycles. The fourth-order valence-electron chi connectivity index (χ4n) is 5.18. The molecule has 0 saturated heterocycles. The summed E-state index contributed by atoms with van der Waals surface area (Å²) in [6, 6.07) is 2.38. The Morgan fingerprint density at radius 2 is 1.60 bits per heavy atom. The Balaban J connectivity index is 1.77. The maximum absolute atomic E-state index is 8.84. The third-order valence-corrected chi connectivity index (χ3v) is 5.37.